The molecule has 1 aromatic rings. The van der Waals surface area contributed by atoms with Gasteiger partial charge in [0, 0.05) is 5.56 Å². The van der Waals surface area contributed by atoms with E-state index in [1.165, 1.54) is 25.5 Å². The summed E-state index contributed by atoms with van der Waals surface area (Å²) in [6.45, 7) is 5.49. The van der Waals surface area contributed by atoms with E-state index in [1.54, 1.807) is 6.07 Å². The fourth-order valence-electron chi connectivity index (χ4n) is 1.03. The molecule has 0 fully saturated rings. The smallest absolute Gasteiger partial charge is 0.165 e. The van der Waals surface area contributed by atoms with Crippen LogP contribution in [0, 0.1) is 5.82 Å². The third-order valence-electron chi connectivity index (χ3n) is 2.00. The molecule has 0 heterocycles. The highest BCUT2D eigenvalue weighted by atomic mass is 32.2. The van der Waals surface area contributed by atoms with Crippen molar-refractivity contribution in [2.75, 3.05) is 7.11 Å². The molecule has 1 aromatic carbocycles. The zero-order valence-corrected chi connectivity index (χ0v) is 11.2. The van der Waals surface area contributed by atoms with Crippen molar-refractivity contribution in [2.24, 2.45) is 4.40 Å². The molecule has 17 heavy (non-hydrogen) atoms. The van der Waals surface area contributed by atoms with E-state index in [4.69, 9.17) is 4.74 Å². The standard InChI is InChI=1S/C12H16FNO2S/c1-12(2,3)17(15)14-8-9-5-6-11(16-4)10(13)7-9/h5-8H,1-4H3/b14-8+. The maximum atomic E-state index is 13.3. The second kappa shape index (κ2) is 5.51. The molecule has 5 heteroatoms. The zero-order valence-electron chi connectivity index (χ0n) is 10.4. The van der Waals surface area contributed by atoms with E-state index in [0.29, 0.717) is 5.56 Å². The average Bonchev–Trinajstić information content (AvgIpc) is 2.24. The van der Waals surface area contributed by atoms with Gasteiger partial charge in [0.25, 0.3) is 0 Å². The van der Waals surface area contributed by atoms with E-state index >= 15 is 0 Å². The van der Waals surface area contributed by atoms with Crippen LogP contribution in [0.25, 0.3) is 0 Å². The highest BCUT2D eigenvalue weighted by molar-refractivity contribution is 7.91. The van der Waals surface area contributed by atoms with Gasteiger partial charge in [-0.25, -0.2) is 4.39 Å². The minimum absolute atomic E-state index is 0.180. The minimum Gasteiger partial charge on any atom is -0.591 e. The van der Waals surface area contributed by atoms with E-state index < -0.39 is 21.9 Å². The number of hydrogen-bond acceptors (Lipinski definition) is 3. The van der Waals surface area contributed by atoms with Crippen LogP contribution in [0.3, 0.4) is 0 Å². The Hall–Kier alpha value is -1.07. The third kappa shape index (κ3) is 4.02. The number of ether oxygens (including phenoxy) is 1. The van der Waals surface area contributed by atoms with E-state index in [0.717, 1.165) is 0 Å². The van der Waals surface area contributed by atoms with Crippen molar-refractivity contribution in [3.63, 3.8) is 0 Å². The first-order valence-corrected chi connectivity index (χ1v) is 6.25. The molecule has 94 valence electrons. The largest absolute Gasteiger partial charge is 0.591 e. The first-order valence-electron chi connectivity index (χ1n) is 5.14. The monoisotopic (exact) mass is 257 g/mol. The van der Waals surface area contributed by atoms with E-state index in [1.807, 2.05) is 20.8 Å². The van der Waals surface area contributed by atoms with Gasteiger partial charge in [-0.1, -0.05) is 4.40 Å². The molecule has 0 radical (unpaired) electrons. The van der Waals surface area contributed by atoms with Gasteiger partial charge in [0.15, 0.2) is 11.6 Å². The summed E-state index contributed by atoms with van der Waals surface area (Å²) in [5.74, 6) is -0.280. The lowest BCUT2D eigenvalue weighted by atomic mass is 10.2. The van der Waals surface area contributed by atoms with Crippen LogP contribution in [-0.2, 0) is 11.4 Å². The molecule has 0 spiro atoms. The van der Waals surface area contributed by atoms with Crippen molar-refractivity contribution in [1.82, 2.24) is 0 Å². The SMILES string of the molecule is COc1ccc(/C=N/[S+]([O-])C(C)(C)C)cc1F. The Morgan fingerprint density at radius 2 is 2.06 bits per heavy atom. The van der Waals surface area contributed by atoms with Crippen molar-refractivity contribution in [3.8, 4) is 5.75 Å². The van der Waals surface area contributed by atoms with Crippen molar-refractivity contribution in [2.45, 2.75) is 25.5 Å². The summed E-state index contributed by atoms with van der Waals surface area (Å²) >= 11 is -1.34. The summed E-state index contributed by atoms with van der Waals surface area (Å²) in [4.78, 5) is 0. The molecule has 0 aliphatic heterocycles. The van der Waals surface area contributed by atoms with Crippen molar-refractivity contribution < 1.29 is 13.7 Å². The number of nitrogens with zero attached hydrogens (tertiary/aromatic N) is 1. The summed E-state index contributed by atoms with van der Waals surface area (Å²) in [6, 6.07) is 4.46. The van der Waals surface area contributed by atoms with Gasteiger partial charge < -0.3 is 9.29 Å². The van der Waals surface area contributed by atoms with Crippen LogP contribution in [0.15, 0.2) is 22.6 Å². The molecular formula is C12H16FNO2S. The quantitative estimate of drug-likeness (QED) is 0.617. The summed E-state index contributed by atoms with van der Waals surface area (Å²) in [5.41, 5.74) is 0.556. The van der Waals surface area contributed by atoms with Crippen LogP contribution >= 0.6 is 0 Å². The molecular weight excluding hydrogens is 241 g/mol. The molecule has 1 atom stereocenters. The molecule has 0 aliphatic rings. The van der Waals surface area contributed by atoms with Gasteiger partial charge in [-0.3, -0.25) is 0 Å². The predicted molar refractivity (Wildman–Crippen MR) is 68.4 cm³/mol. The molecule has 1 rings (SSSR count). The summed E-state index contributed by atoms with van der Waals surface area (Å²) in [5, 5.41) is 0. The van der Waals surface area contributed by atoms with Crippen molar-refractivity contribution in [3.05, 3.63) is 29.6 Å². The van der Waals surface area contributed by atoms with Gasteiger partial charge in [-0.15, -0.1) is 0 Å². The number of methoxy groups -OCH3 is 1. The molecule has 0 bridgehead atoms. The maximum Gasteiger partial charge on any atom is 0.165 e. The lowest BCUT2D eigenvalue weighted by molar-refractivity contribution is 0.386. The number of hydrogen-bond donors (Lipinski definition) is 0. The first-order chi connectivity index (χ1) is 7.84. The molecule has 0 aliphatic carbocycles. The van der Waals surface area contributed by atoms with E-state index in [2.05, 4.69) is 4.40 Å². The number of halogens is 1. The van der Waals surface area contributed by atoms with Crippen LogP contribution in [0.5, 0.6) is 5.75 Å². The van der Waals surface area contributed by atoms with E-state index in [-0.39, 0.29) is 5.75 Å². The molecule has 3 nitrogen and oxygen atoms in total. The van der Waals surface area contributed by atoms with Gasteiger partial charge in [-0.05, 0) is 39.0 Å². The predicted octanol–water partition coefficient (Wildman–Crippen LogP) is 2.72. The lowest BCUT2D eigenvalue weighted by Gasteiger charge is -2.17. The van der Waals surface area contributed by atoms with E-state index in [9.17, 15) is 8.94 Å². The van der Waals surface area contributed by atoms with Gasteiger partial charge >= 0.3 is 0 Å². The van der Waals surface area contributed by atoms with Crippen LogP contribution in [-0.4, -0.2) is 22.6 Å². The summed E-state index contributed by atoms with van der Waals surface area (Å²) < 4.78 is 33.3. The fourth-order valence-corrected chi connectivity index (χ4v) is 1.56. The minimum atomic E-state index is -1.34. The first kappa shape index (κ1) is 14.0. The van der Waals surface area contributed by atoms with Gasteiger partial charge in [0.05, 0.1) is 13.3 Å². The van der Waals surface area contributed by atoms with Crippen LogP contribution in [0.4, 0.5) is 4.39 Å². The lowest BCUT2D eigenvalue weighted by Crippen LogP contribution is -2.25. The highest BCUT2D eigenvalue weighted by Gasteiger charge is 2.25. The molecule has 1 unspecified atom stereocenters. The molecule has 0 saturated carbocycles. The Morgan fingerprint density at radius 3 is 2.53 bits per heavy atom. The zero-order chi connectivity index (χ0) is 13.1. The van der Waals surface area contributed by atoms with Gasteiger partial charge in [0.1, 0.15) is 16.1 Å². The third-order valence-corrected chi connectivity index (χ3v) is 3.34. The highest BCUT2D eigenvalue weighted by Crippen LogP contribution is 2.19. The Bertz CT molecular complexity index is 415. The Kier molecular flexibility index (Phi) is 4.54. The second-order valence-corrected chi connectivity index (χ2v) is 6.42. The Balaban J connectivity index is 2.82. The Labute approximate surface area is 104 Å². The molecule has 0 aromatic heterocycles. The number of rotatable bonds is 3. The van der Waals surface area contributed by atoms with Crippen molar-refractivity contribution >= 4 is 17.6 Å². The summed E-state index contributed by atoms with van der Waals surface area (Å²) in [6.07, 6.45) is 1.41. The average molecular weight is 257 g/mol. The van der Waals surface area contributed by atoms with Crippen LogP contribution in [0.1, 0.15) is 26.3 Å². The molecule has 0 N–H and O–H groups in total. The van der Waals surface area contributed by atoms with Crippen LogP contribution < -0.4 is 4.74 Å². The van der Waals surface area contributed by atoms with Gasteiger partial charge in [-0.2, -0.15) is 0 Å². The van der Waals surface area contributed by atoms with Crippen LogP contribution in [0.2, 0.25) is 0 Å². The molecule has 0 amide bonds. The van der Waals surface area contributed by atoms with Gasteiger partial charge in [0.2, 0.25) is 0 Å². The second-order valence-electron chi connectivity index (χ2n) is 4.49. The topological polar surface area (TPSA) is 44.6 Å². The maximum absolute atomic E-state index is 13.3. The number of benzene rings is 1. The fraction of sp³-hybridized carbons (Fsp3) is 0.417. The Morgan fingerprint density at radius 1 is 1.41 bits per heavy atom. The van der Waals surface area contributed by atoms with Crippen molar-refractivity contribution in [1.29, 1.82) is 0 Å². The molecule has 0 saturated heterocycles. The summed E-state index contributed by atoms with van der Waals surface area (Å²) in [7, 11) is 1.40. The normalized spacial score (nSPS) is 14.0.